The second-order valence-corrected chi connectivity index (χ2v) is 7.60. The van der Waals surface area contributed by atoms with Crippen LogP contribution in [0.25, 0.3) is 10.6 Å². The van der Waals surface area contributed by atoms with Crippen molar-refractivity contribution >= 4 is 34.7 Å². The Morgan fingerprint density at radius 3 is 2.62 bits per heavy atom. The van der Waals surface area contributed by atoms with Gasteiger partial charge in [-0.3, -0.25) is 0 Å². The van der Waals surface area contributed by atoms with Gasteiger partial charge in [0.25, 0.3) is 0 Å². The van der Waals surface area contributed by atoms with Crippen LogP contribution in [-0.2, 0) is 6.54 Å². The van der Waals surface area contributed by atoms with Gasteiger partial charge >= 0.3 is 6.03 Å². The lowest BCUT2D eigenvalue weighted by Crippen LogP contribution is -2.28. The van der Waals surface area contributed by atoms with Gasteiger partial charge in [-0.1, -0.05) is 41.9 Å². The summed E-state index contributed by atoms with van der Waals surface area (Å²) >= 11 is 7.69. The smallest absolute Gasteiger partial charge is 0.319 e. The Labute approximate surface area is 162 Å². The highest BCUT2D eigenvalue weighted by Gasteiger charge is 2.12. The maximum atomic E-state index is 12.1. The topological polar surface area (TPSA) is 54.0 Å². The maximum Gasteiger partial charge on any atom is 0.319 e. The first-order chi connectivity index (χ1) is 12.4. The van der Waals surface area contributed by atoms with Crippen LogP contribution in [0.3, 0.4) is 0 Å². The molecule has 2 amide bonds. The van der Waals surface area contributed by atoms with Gasteiger partial charge in [-0.2, -0.15) is 0 Å². The number of anilines is 1. The van der Waals surface area contributed by atoms with E-state index in [1.807, 2.05) is 38.1 Å². The molecule has 0 saturated carbocycles. The molecule has 3 rings (SSSR count). The van der Waals surface area contributed by atoms with Crippen LogP contribution in [0.2, 0.25) is 5.02 Å². The number of urea groups is 1. The molecule has 0 unspecified atom stereocenters. The van der Waals surface area contributed by atoms with Crippen molar-refractivity contribution in [3.05, 3.63) is 69.2 Å². The highest BCUT2D eigenvalue weighted by Crippen LogP contribution is 2.30. The first kappa shape index (κ1) is 18.4. The highest BCUT2D eigenvalue weighted by atomic mass is 35.5. The largest absolute Gasteiger partial charge is 0.333 e. The number of benzene rings is 2. The van der Waals surface area contributed by atoms with Crippen molar-refractivity contribution in [1.29, 1.82) is 0 Å². The quantitative estimate of drug-likeness (QED) is 0.604. The second-order valence-electron chi connectivity index (χ2n) is 6.11. The molecule has 6 heteroatoms. The number of carbonyl (C=O) groups excluding carboxylic acids is 1. The van der Waals surface area contributed by atoms with Gasteiger partial charge in [0.05, 0.1) is 12.2 Å². The van der Waals surface area contributed by atoms with Crippen LogP contribution in [0.15, 0.2) is 42.5 Å². The average Bonchev–Trinajstić information content (AvgIpc) is 2.97. The minimum Gasteiger partial charge on any atom is -0.333 e. The summed E-state index contributed by atoms with van der Waals surface area (Å²) in [5.74, 6) is 0. The molecule has 0 spiro atoms. The van der Waals surface area contributed by atoms with Crippen molar-refractivity contribution in [3.63, 3.8) is 0 Å². The van der Waals surface area contributed by atoms with Crippen molar-refractivity contribution in [1.82, 2.24) is 10.3 Å². The number of hydrogen-bond acceptors (Lipinski definition) is 3. The number of amides is 2. The maximum absolute atomic E-state index is 12.1. The van der Waals surface area contributed by atoms with E-state index in [2.05, 4.69) is 34.7 Å². The SMILES string of the molecule is Cc1ccc(NC(=O)NCc2sc(-c3ccccc3C)nc2C)cc1Cl. The molecule has 26 heavy (non-hydrogen) atoms. The third kappa shape index (κ3) is 4.23. The number of aryl methyl sites for hydroxylation is 3. The number of carbonyl (C=O) groups is 1. The molecule has 4 nitrogen and oxygen atoms in total. The summed E-state index contributed by atoms with van der Waals surface area (Å²) in [5.41, 5.74) is 4.90. The predicted octanol–water partition coefficient (Wildman–Crippen LogP) is 5.71. The van der Waals surface area contributed by atoms with Crippen LogP contribution >= 0.6 is 22.9 Å². The van der Waals surface area contributed by atoms with E-state index in [4.69, 9.17) is 11.6 Å². The van der Waals surface area contributed by atoms with Crippen molar-refractivity contribution in [3.8, 4) is 10.6 Å². The van der Waals surface area contributed by atoms with Crippen LogP contribution < -0.4 is 10.6 Å². The zero-order valence-electron chi connectivity index (χ0n) is 14.9. The highest BCUT2D eigenvalue weighted by molar-refractivity contribution is 7.15. The van der Waals surface area contributed by atoms with E-state index in [1.54, 1.807) is 17.4 Å². The molecule has 1 heterocycles. The van der Waals surface area contributed by atoms with E-state index in [0.29, 0.717) is 17.3 Å². The lowest BCUT2D eigenvalue weighted by atomic mass is 10.1. The summed E-state index contributed by atoms with van der Waals surface area (Å²) < 4.78 is 0. The van der Waals surface area contributed by atoms with E-state index in [9.17, 15) is 4.79 Å². The Hall–Kier alpha value is -2.37. The lowest BCUT2D eigenvalue weighted by Gasteiger charge is -2.08. The molecule has 0 fully saturated rings. The van der Waals surface area contributed by atoms with Crippen molar-refractivity contribution < 1.29 is 4.79 Å². The monoisotopic (exact) mass is 385 g/mol. The van der Waals surface area contributed by atoms with Crippen molar-refractivity contribution in [2.24, 2.45) is 0 Å². The molecule has 0 aliphatic carbocycles. The zero-order valence-corrected chi connectivity index (χ0v) is 16.5. The van der Waals surface area contributed by atoms with Crippen LogP contribution in [-0.4, -0.2) is 11.0 Å². The molecular formula is C20H20ClN3OS. The summed E-state index contributed by atoms with van der Waals surface area (Å²) in [7, 11) is 0. The number of thiazole rings is 1. The molecule has 134 valence electrons. The van der Waals surface area contributed by atoms with Crippen LogP contribution in [0, 0.1) is 20.8 Å². The summed E-state index contributed by atoms with van der Waals surface area (Å²) in [6.07, 6.45) is 0. The Kier molecular flexibility index (Phi) is 5.59. The normalized spacial score (nSPS) is 10.6. The van der Waals surface area contributed by atoms with E-state index >= 15 is 0 Å². The predicted molar refractivity (Wildman–Crippen MR) is 109 cm³/mol. The molecule has 0 saturated heterocycles. The first-order valence-corrected chi connectivity index (χ1v) is 9.47. The molecule has 2 aromatic carbocycles. The second kappa shape index (κ2) is 7.89. The van der Waals surface area contributed by atoms with E-state index in [1.165, 1.54) is 5.56 Å². The molecule has 0 aliphatic heterocycles. The molecule has 0 bridgehead atoms. The summed E-state index contributed by atoms with van der Waals surface area (Å²) in [4.78, 5) is 17.8. The molecule has 1 aromatic heterocycles. The fraction of sp³-hybridized carbons (Fsp3) is 0.200. The number of nitrogens with zero attached hydrogens (tertiary/aromatic N) is 1. The lowest BCUT2D eigenvalue weighted by molar-refractivity contribution is 0.252. The van der Waals surface area contributed by atoms with Gasteiger partial charge in [-0.25, -0.2) is 9.78 Å². The molecule has 2 N–H and O–H groups in total. The number of aromatic nitrogens is 1. The third-order valence-electron chi connectivity index (χ3n) is 4.11. The first-order valence-electron chi connectivity index (χ1n) is 8.27. The molecule has 3 aromatic rings. The number of hydrogen-bond donors (Lipinski definition) is 2. The minimum atomic E-state index is -0.268. The van der Waals surface area contributed by atoms with Crippen LogP contribution in [0.1, 0.15) is 21.7 Å². The third-order valence-corrected chi connectivity index (χ3v) is 5.71. The molecule has 0 atom stereocenters. The van der Waals surface area contributed by atoms with Gasteiger partial charge in [0.2, 0.25) is 0 Å². The Morgan fingerprint density at radius 1 is 1.12 bits per heavy atom. The Morgan fingerprint density at radius 2 is 1.88 bits per heavy atom. The van der Waals surface area contributed by atoms with E-state index in [-0.39, 0.29) is 6.03 Å². The Balaban J connectivity index is 1.65. The van der Waals surface area contributed by atoms with Gasteiger partial charge < -0.3 is 10.6 Å². The van der Waals surface area contributed by atoms with Crippen LogP contribution in [0.5, 0.6) is 0 Å². The van der Waals surface area contributed by atoms with Crippen LogP contribution in [0.4, 0.5) is 10.5 Å². The van der Waals surface area contributed by atoms with Gasteiger partial charge in [0, 0.05) is 21.2 Å². The summed E-state index contributed by atoms with van der Waals surface area (Å²) in [6, 6.07) is 13.3. The number of halogens is 1. The van der Waals surface area contributed by atoms with Gasteiger partial charge in [0.1, 0.15) is 5.01 Å². The van der Waals surface area contributed by atoms with Gasteiger partial charge in [0.15, 0.2) is 0 Å². The number of nitrogens with one attached hydrogen (secondary N) is 2. The minimum absolute atomic E-state index is 0.268. The summed E-state index contributed by atoms with van der Waals surface area (Å²) in [5, 5.41) is 7.28. The average molecular weight is 386 g/mol. The molecular weight excluding hydrogens is 366 g/mol. The summed E-state index contributed by atoms with van der Waals surface area (Å²) in [6.45, 7) is 6.39. The van der Waals surface area contributed by atoms with E-state index < -0.39 is 0 Å². The Bertz CT molecular complexity index is 952. The molecule has 0 aliphatic rings. The van der Waals surface area contributed by atoms with Crippen molar-refractivity contribution in [2.75, 3.05) is 5.32 Å². The number of rotatable bonds is 4. The standard InChI is InChI=1S/C20H20ClN3OS/c1-12-6-4-5-7-16(12)19-23-14(3)18(26-19)11-22-20(25)24-15-9-8-13(2)17(21)10-15/h4-10H,11H2,1-3H3,(H2,22,24,25). The molecule has 0 radical (unpaired) electrons. The van der Waals surface area contributed by atoms with Crippen molar-refractivity contribution in [2.45, 2.75) is 27.3 Å². The van der Waals surface area contributed by atoms with Gasteiger partial charge in [-0.05, 0) is 44.0 Å². The van der Waals surface area contributed by atoms with E-state index in [0.717, 1.165) is 26.7 Å². The van der Waals surface area contributed by atoms with Gasteiger partial charge in [-0.15, -0.1) is 11.3 Å². The fourth-order valence-corrected chi connectivity index (χ4v) is 3.80. The zero-order chi connectivity index (χ0) is 18.7. The fourth-order valence-electron chi connectivity index (χ4n) is 2.53.